The van der Waals surface area contributed by atoms with Gasteiger partial charge in [-0.25, -0.2) is 9.59 Å². The summed E-state index contributed by atoms with van der Waals surface area (Å²) in [4.78, 5) is 64.0. The van der Waals surface area contributed by atoms with Crippen molar-refractivity contribution in [1.29, 1.82) is 0 Å². The highest BCUT2D eigenvalue weighted by molar-refractivity contribution is 6.08. The lowest BCUT2D eigenvalue weighted by molar-refractivity contribution is -0.384. The van der Waals surface area contributed by atoms with E-state index in [-0.39, 0.29) is 48.2 Å². The van der Waals surface area contributed by atoms with E-state index in [1.54, 1.807) is 0 Å². The lowest BCUT2D eigenvalue weighted by Gasteiger charge is -2.25. The van der Waals surface area contributed by atoms with Crippen LogP contribution in [0.25, 0.3) is 0 Å². The minimum atomic E-state index is -0.916. The Morgan fingerprint density at radius 2 is 1.85 bits per heavy atom. The number of amides is 1. The van der Waals surface area contributed by atoms with E-state index < -0.39 is 33.7 Å². The average molecular weight is 463 g/mol. The number of nitrogen functional groups attached to an aromatic ring is 1. The molecule has 1 amide bonds. The fourth-order valence-corrected chi connectivity index (χ4v) is 3.11. The van der Waals surface area contributed by atoms with E-state index in [2.05, 4.69) is 9.72 Å². The topological polar surface area (TPSA) is 180 Å². The lowest BCUT2D eigenvalue weighted by atomic mass is 10.1. The number of benzene rings is 1. The fraction of sp³-hybridized carbons (Fsp3) is 0.400. The number of carbonyl (C=O) groups excluding carboxylic acids is 2. The molecule has 0 fully saturated rings. The first-order valence-electron chi connectivity index (χ1n) is 9.83. The van der Waals surface area contributed by atoms with Gasteiger partial charge in [-0.3, -0.25) is 34.2 Å². The molecule has 0 atom stereocenters. The van der Waals surface area contributed by atoms with Crippen molar-refractivity contribution in [2.75, 3.05) is 38.0 Å². The summed E-state index contributed by atoms with van der Waals surface area (Å²) < 4.78 is 10.7. The molecule has 1 aromatic heterocycles. The zero-order valence-corrected chi connectivity index (χ0v) is 18.6. The van der Waals surface area contributed by atoms with Crippen LogP contribution in [-0.2, 0) is 16.0 Å². The molecule has 0 spiro atoms. The summed E-state index contributed by atoms with van der Waals surface area (Å²) in [6.07, 6.45) is 0. The van der Waals surface area contributed by atoms with Crippen molar-refractivity contribution >= 4 is 29.1 Å². The monoisotopic (exact) mass is 463 g/mol. The SMILES string of the molecule is COCCN(C(=O)c1cc(C(=O)OC)cc([N+](=O)[O-])c1)c1c(N)n(CC(C)C)c(=O)[nH]c1=O. The molecule has 1 aromatic carbocycles. The van der Waals surface area contributed by atoms with Gasteiger partial charge in [0, 0.05) is 37.9 Å². The van der Waals surface area contributed by atoms with Crippen molar-refractivity contribution in [1.82, 2.24) is 9.55 Å². The van der Waals surface area contributed by atoms with Gasteiger partial charge in [0.15, 0.2) is 5.69 Å². The molecule has 0 bridgehead atoms. The van der Waals surface area contributed by atoms with Crippen molar-refractivity contribution in [2.45, 2.75) is 20.4 Å². The van der Waals surface area contributed by atoms with Crippen LogP contribution in [0.5, 0.6) is 0 Å². The Balaban J connectivity index is 2.73. The van der Waals surface area contributed by atoms with Crippen LogP contribution in [0.2, 0.25) is 0 Å². The molecule has 0 aliphatic heterocycles. The number of nitro groups is 1. The van der Waals surface area contributed by atoms with E-state index in [0.29, 0.717) is 0 Å². The average Bonchev–Trinajstić information content (AvgIpc) is 2.77. The van der Waals surface area contributed by atoms with Crippen molar-refractivity contribution in [2.24, 2.45) is 5.92 Å². The van der Waals surface area contributed by atoms with Crippen LogP contribution in [0.3, 0.4) is 0 Å². The number of hydrogen-bond acceptors (Lipinski definition) is 9. The number of methoxy groups -OCH3 is 2. The van der Waals surface area contributed by atoms with E-state index in [0.717, 1.165) is 34.8 Å². The van der Waals surface area contributed by atoms with Crippen LogP contribution in [0.1, 0.15) is 34.6 Å². The number of ether oxygens (including phenoxy) is 2. The van der Waals surface area contributed by atoms with Crippen LogP contribution in [-0.4, -0.2) is 53.7 Å². The zero-order chi connectivity index (χ0) is 24.9. The predicted octanol–water partition coefficient (Wildman–Crippen LogP) is 0.763. The highest BCUT2D eigenvalue weighted by atomic mass is 16.6. The third-order valence-electron chi connectivity index (χ3n) is 4.59. The minimum Gasteiger partial charge on any atom is -0.465 e. The summed E-state index contributed by atoms with van der Waals surface area (Å²) in [5.41, 5.74) is 3.14. The van der Waals surface area contributed by atoms with Crippen LogP contribution in [0.15, 0.2) is 27.8 Å². The highest BCUT2D eigenvalue weighted by Gasteiger charge is 2.27. The van der Waals surface area contributed by atoms with Gasteiger partial charge in [-0.2, -0.15) is 0 Å². The quantitative estimate of drug-likeness (QED) is 0.308. The summed E-state index contributed by atoms with van der Waals surface area (Å²) in [6, 6.07) is 3.03. The highest BCUT2D eigenvalue weighted by Crippen LogP contribution is 2.24. The third kappa shape index (κ3) is 5.63. The Morgan fingerprint density at radius 3 is 2.39 bits per heavy atom. The summed E-state index contributed by atoms with van der Waals surface area (Å²) in [7, 11) is 2.46. The summed E-state index contributed by atoms with van der Waals surface area (Å²) >= 11 is 0. The van der Waals surface area contributed by atoms with Crippen molar-refractivity contribution in [3.8, 4) is 0 Å². The summed E-state index contributed by atoms with van der Waals surface area (Å²) in [5, 5.41) is 11.3. The molecule has 2 aromatic rings. The van der Waals surface area contributed by atoms with Gasteiger partial charge in [0.2, 0.25) is 0 Å². The molecule has 13 heteroatoms. The van der Waals surface area contributed by atoms with Gasteiger partial charge in [0.05, 0.1) is 24.2 Å². The molecular formula is C20H25N5O8. The molecule has 0 aliphatic carbocycles. The van der Waals surface area contributed by atoms with Crippen LogP contribution in [0, 0.1) is 16.0 Å². The molecule has 1 heterocycles. The minimum absolute atomic E-state index is 0.00809. The maximum atomic E-state index is 13.4. The maximum Gasteiger partial charge on any atom is 0.338 e. The van der Waals surface area contributed by atoms with E-state index >= 15 is 0 Å². The molecule has 178 valence electrons. The van der Waals surface area contributed by atoms with Crippen molar-refractivity contribution < 1.29 is 24.0 Å². The van der Waals surface area contributed by atoms with Gasteiger partial charge in [-0.05, 0) is 12.0 Å². The number of non-ortho nitro benzene ring substituents is 1. The number of anilines is 2. The van der Waals surface area contributed by atoms with Gasteiger partial charge in [-0.1, -0.05) is 13.8 Å². The largest absolute Gasteiger partial charge is 0.465 e. The Morgan fingerprint density at radius 1 is 1.21 bits per heavy atom. The number of H-pyrrole nitrogens is 1. The maximum absolute atomic E-state index is 13.4. The second-order valence-electron chi connectivity index (χ2n) is 7.46. The predicted molar refractivity (Wildman–Crippen MR) is 119 cm³/mol. The molecule has 0 unspecified atom stereocenters. The lowest BCUT2D eigenvalue weighted by Crippen LogP contribution is -2.43. The number of carbonyl (C=O) groups is 2. The third-order valence-corrected chi connectivity index (χ3v) is 4.59. The number of aromatic amines is 1. The van der Waals surface area contributed by atoms with Crippen LogP contribution >= 0.6 is 0 Å². The Hall–Kier alpha value is -4.00. The van der Waals surface area contributed by atoms with E-state index in [9.17, 15) is 29.3 Å². The number of nitro benzene ring substituents is 1. The number of nitrogens with one attached hydrogen (secondary N) is 1. The Labute approximate surface area is 187 Å². The normalized spacial score (nSPS) is 10.8. The van der Waals surface area contributed by atoms with E-state index in [1.807, 2.05) is 13.8 Å². The van der Waals surface area contributed by atoms with Gasteiger partial charge in [0.1, 0.15) is 5.82 Å². The second-order valence-corrected chi connectivity index (χ2v) is 7.46. The molecule has 2 rings (SSSR count). The first-order valence-corrected chi connectivity index (χ1v) is 9.83. The fourth-order valence-electron chi connectivity index (χ4n) is 3.11. The van der Waals surface area contributed by atoms with Crippen molar-refractivity contribution in [3.63, 3.8) is 0 Å². The molecular weight excluding hydrogens is 438 g/mol. The molecule has 33 heavy (non-hydrogen) atoms. The van der Waals surface area contributed by atoms with Gasteiger partial charge < -0.3 is 15.2 Å². The molecule has 13 nitrogen and oxygen atoms in total. The van der Waals surface area contributed by atoms with Gasteiger partial charge in [0.25, 0.3) is 17.2 Å². The number of rotatable bonds is 9. The summed E-state index contributed by atoms with van der Waals surface area (Å²) in [5.74, 6) is -2.02. The molecule has 0 saturated carbocycles. The molecule has 0 radical (unpaired) electrons. The smallest absolute Gasteiger partial charge is 0.338 e. The molecule has 3 N–H and O–H groups in total. The van der Waals surface area contributed by atoms with Crippen molar-refractivity contribution in [3.05, 3.63) is 60.3 Å². The first kappa shape index (κ1) is 25.3. The Kier molecular flexibility index (Phi) is 8.07. The number of hydrogen-bond donors (Lipinski definition) is 2. The molecule has 0 aliphatic rings. The molecule has 0 saturated heterocycles. The van der Waals surface area contributed by atoms with E-state index in [4.69, 9.17) is 10.5 Å². The number of nitrogens with zero attached hydrogens (tertiary/aromatic N) is 3. The number of aromatic nitrogens is 2. The Bertz CT molecular complexity index is 1180. The van der Waals surface area contributed by atoms with Crippen LogP contribution in [0.4, 0.5) is 17.2 Å². The standard InChI is InChI=1S/C20H25N5O8/c1-11(2)10-24-16(21)15(17(26)22-20(24)29)23(5-6-32-3)18(27)12-7-13(19(28)33-4)9-14(8-12)25(30)31/h7-9,11H,5-6,10,21H2,1-4H3,(H,22,26,29). The summed E-state index contributed by atoms with van der Waals surface area (Å²) in [6.45, 7) is 3.65. The zero-order valence-electron chi connectivity index (χ0n) is 18.6. The second kappa shape index (κ2) is 10.5. The first-order chi connectivity index (χ1) is 15.5. The van der Waals surface area contributed by atoms with Gasteiger partial charge >= 0.3 is 11.7 Å². The number of esters is 1. The number of nitrogens with two attached hydrogens (primary N) is 1. The van der Waals surface area contributed by atoms with Crippen LogP contribution < -0.4 is 21.9 Å². The van der Waals surface area contributed by atoms with Gasteiger partial charge in [-0.15, -0.1) is 0 Å². The van der Waals surface area contributed by atoms with E-state index in [1.165, 1.54) is 7.11 Å².